The summed E-state index contributed by atoms with van der Waals surface area (Å²) in [6.45, 7) is 8.22. The Morgan fingerprint density at radius 2 is 2.00 bits per heavy atom. The fraction of sp³-hybridized carbons (Fsp3) is 0.500. The fourth-order valence-electron chi connectivity index (χ4n) is 3.03. The molecule has 2 heterocycles. The zero-order chi connectivity index (χ0) is 15.8. The van der Waals surface area contributed by atoms with Crippen LogP contribution in [0, 0.1) is 5.41 Å². The van der Waals surface area contributed by atoms with Gasteiger partial charge in [-0.1, -0.05) is 42.5 Å². The minimum Gasteiger partial charge on any atom is -0.444 e. The van der Waals surface area contributed by atoms with Crippen molar-refractivity contribution in [2.75, 3.05) is 19.6 Å². The number of nitrogens with zero attached hydrogens (tertiary/aromatic N) is 1. The zero-order valence-electron chi connectivity index (χ0n) is 13.5. The predicted octanol–water partition coefficient (Wildman–Crippen LogP) is 2.91. The van der Waals surface area contributed by atoms with Crippen molar-refractivity contribution >= 4 is 12.2 Å². The van der Waals surface area contributed by atoms with Gasteiger partial charge in [-0.2, -0.15) is 0 Å². The molecule has 1 spiro atoms. The minimum absolute atomic E-state index is 0.197. The van der Waals surface area contributed by atoms with Crippen molar-refractivity contribution in [3.8, 4) is 0 Å². The summed E-state index contributed by atoms with van der Waals surface area (Å²) in [5.74, 6) is 0. The van der Waals surface area contributed by atoms with E-state index in [1.807, 2.05) is 39.0 Å². The average Bonchev–Trinajstić information content (AvgIpc) is 2.35. The van der Waals surface area contributed by atoms with Crippen LogP contribution in [0.4, 0.5) is 4.79 Å². The Balaban J connectivity index is 1.54. The molecule has 1 atom stereocenters. The van der Waals surface area contributed by atoms with Crippen LogP contribution in [0.2, 0.25) is 0 Å². The Hall–Kier alpha value is -1.81. The Labute approximate surface area is 132 Å². The monoisotopic (exact) mass is 300 g/mol. The molecule has 1 amide bonds. The molecule has 2 aliphatic rings. The maximum atomic E-state index is 12.0. The quantitative estimate of drug-likeness (QED) is 0.913. The molecule has 1 aromatic rings. The molecule has 0 radical (unpaired) electrons. The summed E-state index contributed by atoms with van der Waals surface area (Å²) in [7, 11) is 0. The number of hydrogen-bond acceptors (Lipinski definition) is 3. The average molecular weight is 300 g/mol. The summed E-state index contributed by atoms with van der Waals surface area (Å²) >= 11 is 0. The van der Waals surface area contributed by atoms with Crippen LogP contribution in [0.15, 0.2) is 36.4 Å². The lowest BCUT2D eigenvalue weighted by Gasteiger charge is -2.59. The van der Waals surface area contributed by atoms with Crippen molar-refractivity contribution < 1.29 is 9.53 Å². The van der Waals surface area contributed by atoms with Gasteiger partial charge in [0.15, 0.2) is 0 Å². The van der Waals surface area contributed by atoms with Crippen molar-refractivity contribution in [3.05, 3.63) is 42.0 Å². The van der Waals surface area contributed by atoms with Crippen LogP contribution < -0.4 is 5.32 Å². The molecular weight excluding hydrogens is 276 g/mol. The van der Waals surface area contributed by atoms with E-state index in [1.54, 1.807) is 4.90 Å². The number of rotatable bonds is 2. The predicted molar refractivity (Wildman–Crippen MR) is 87.5 cm³/mol. The molecule has 0 unspecified atom stereocenters. The highest BCUT2D eigenvalue weighted by atomic mass is 16.6. The highest BCUT2D eigenvalue weighted by molar-refractivity contribution is 5.70. The number of carbonyl (C=O) groups is 1. The summed E-state index contributed by atoms with van der Waals surface area (Å²) < 4.78 is 5.42. The van der Waals surface area contributed by atoms with E-state index in [2.05, 4.69) is 29.6 Å². The lowest BCUT2D eigenvalue weighted by molar-refractivity contribution is -0.0722. The van der Waals surface area contributed by atoms with Crippen molar-refractivity contribution in [3.63, 3.8) is 0 Å². The first-order valence-corrected chi connectivity index (χ1v) is 7.83. The number of ether oxygens (including phenoxy) is 1. The fourth-order valence-corrected chi connectivity index (χ4v) is 3.03. The SMILES string of the molecule is CC(C)(C)OC(=O)N1CC2(CN[C@@H]2/C=C/c2ccccc2)C1. The van der Waals surface area contributed by atoms with E-state index in [0.717, 1.165) is 19.6 Å². The number of likely N-dealkylation sites (tertiary alicyclic amines) is 1. The third kappa shape index (κ3) is 3.02. The first-order valence-electron chi connectivity index (χ1n) is 7.83. The van der Waals surface area contributed by atoms with Gasteiger partial charge in [0.1, 0.15) is 5.60 Å². The van der Waals surface area contributed by atoms with Gasteiger partial charge >= 0.3 is 6.09 Å². The molecule has 0 bridgehead atoms. The number of amides is 1. The Morgan fingerprint density at radius 3 is 2.55 bits per heavy atom. The van der Waals surface area contributed by atoms with E-state index in [1.165, 1.54) is 5.56 Å². The maximum Gasteiger partial charge on any atom is 0.410 e. The first-order chi connectivity index (χ1) is 10.4. The molecule has 3 rings (SSSR count). The molecule has 4 heteroatoms. The summed E-state index contributed by atoms with van der Waals surface area (Å²) in [6.07, 6.45) is 4.16. The zero-order valence-corrected chi connectivity index (χ0v) is 13.5. The second-order valence-corrected chi connectivity index (χ2v) is 7.33. The van der Waals surface area contributed by atoms with E-state index in [-0.39, 0.29) is 11.5 Å². The van der Waals surface area contributed by atoms with E-state index < -0.39 is 5.60 Å². The third-order valence-electron chi connectivity index (χ3n) is 4.28. The molecule has 0 aromatic heterocycles. The highest BCUT2D eigenvalue weighted by Crippen LogP contribution is 2.40. The molecule has 4 nitrogen and oxygen atoms in total. The van der Waals surface area contributed by atoms with Crippen LogP contribution in [-0.4, -0.2) is 42.3 Å². The van der Waals surface area contributed by atoms with Crippen LogP contribution in [0.25, 0.3) is 6.08 Å². The van der Waals surface area contributed by atoms with Crippen LogP contribution in [0.5, 0.6) is 0 Å². The summed E-state index contributed by atoms with van der Waals surface area (Å²) in [4.78, 5) is 13.8. The van der Waals surface area contributed by atoms with E-state index in [9.17, 15) is 4.79 Å². The molecule has 0 saturated carbocycles. The molecule has 1 aromatic carbocycles. The number of benzene rings is 1. The van der Waals surface area contributed by atoms with Gasteiger partial charge in [-0.3, -0.25) is 0 Å². The van der Waals surface area contributed by atoms with Crippen molar-refractivity contribution in [2.24, 2.45) is 5.41 Å². The molecule has 2 saturated heterocycles. The summed E-state index contributed by atoms with van der Waals surface area (Å²) in [5, 5.41) is 3.45. The lowest BCUT2D eigenvalue weighted by atomic mass is 9.67. The van der Waals surface area contributed by atoms with Gasteiger partial charge in [-0.25, -0.2) is 4.79 Å². The third-order valence-corrected chi connectivity index (χ3v) is 4.28. The number of nitrogens with one attached hydrogen (secondary N) is 1. The van der Waals surface area contributed by atoms with Gasteiger partial charge in [-0.15, -0.1) is 0 Å². The lowest BCUT2D eigenvalue weighted by Crippen LogP contribution is -2.76. The Morgan fingerprint density at radius 1 is 1.32 bits per heavy atom. The van der Waals surface area contributed by atoms with Crippen molar-refractivity contribution in [2.45, 2.75) is 32.4 Å². The maximum absolute atomic E-state index is 12.0. The topological polar surface area (TPSA) is 41.6 Å². The summed E-state index contributed by atoms with van der Waals surface area (Å²) in [6, 6.07) is 10.6. The minimum atomic E-state index is -0.426. The van der Waals surface area contributed by atoms with Gasteiger partial charge in [0.05, 0.1) is 0 Å². The first kappa shape index (κ1) is 15.1. The molecule has 1 N–H and O–H groups in total. The Kier molecular flexibility index (Phi) is 3.73. The largest absolute Gasteiger partial charge is 0.444 e. The molecule has 2 aliphatic heterocycles. The van der Waals surface area contributed by atoms with Gasteiger partial charge < -0.3 is 15.0 Å². The van der Waals surface area contributed by atoms with Crippen molar-refractivity contribution in [1.82, 2.24) is 10.2 Å². The highest BCUT2D eigenvalue weighted by Gasteiger charge is 2.55. The van der Waals surface area contributed by atoms with Gasteiger partial charge in [0, 0.05) is 31.1 Å². The number of carbonyl (C=O) groups excluding carboxylic acids is 1. The van der Waals surface area contributed by atoms with E-state index >= 15 is 0 Å². The normalized spacial score (nSPS) is 23.2. The van der Waals surface area contributed by atoms with Crippen LogP contribution >= 0.6 is 0 Å². The molecule has 2 fully saturated rings. The van der Waals surface area contributed by atoms with E-state index in [0.29, 0.717) is 6.04 Å². The van der Waals surface area contributed by atoms with Crippen LogP contribution in [0.3, 0.4) is 0 Å². The van der Waals surface area contributed by atoms with Gasteiger partial charge in [0.25, 0.3) is 0 Å². The van der Waals surface area contributed by atoms with Crippen LogP contribution in [0.1, 0.15) is 26.3 Å². The standard InChI is InChI=1S/C18H24N2O2/c1-17(2,3)22-16(21)20-12-18(13-20)11-19-15(18)10-9-14-7-5-4-6-8-14/h4-10,15,19H,11-13H2,1-3H3/b10-9+/t15-/m1/s1. The van der Waals surface area contributed by atoms with Gasteiger partial charge in [0.2, 0.25) is 0 Å². The van der Waals surface area contributed by atoms with Crippen LogP contribution in [-0.2, 0) is 4.74 Å². The molecular formula is C18H24N2O2. The van der Waals surface area contributed by atoms with E-state index in [4.69, 9.17) is 4.74 Å². The summed E-state index contributed by atoms with van der Waals surface area (Å²) in [5.41, 5.74) is 0.974. The number of hydrogen-bond donors (Lipinski definition) is 1. The second-order valence-electron chi connectivity index (χ2n) is 7.33. The molecule has 0 aliphatic carbocycles. The van der Waals surface area contributed by atoms with Gasteiger partial charge in [-0.05, 0) is 26.3 Å². The smallest absolute Gasteiger partial charge is 0.410 e. The van der Waals surface area contributed by atoms with Crippen molar-refractivity contribution in [1.29, 1.82) is 0 Å². The molecule has 118 valence electrons. The molecule has 22 heavy (non-hydrogen) atoms. The Bertz CT molecular complexity index is 568. The second kappa shape index (κ2) is 5.43.